The van der Waals surface area contributed by atoms with Crippen LogP contribution in [0.3, 0.4) is 0 Å². The highest BCUT2D eigenvalue weighted by atomic mass is 35.5. The number of hydrogen-bond donors (Lipinski definition) is 1. The molecule has 0 radical (unpaired) electrons. The monoisotopic (exact) mass is 557 g/mol. The Balaban J connectivity index is 1.43. The summed E-state index contributed by atoms with van der Waals surface area (Å²) in [7, 11) is 0. The number of nitrogens with zero attached hydrogens (tertiary/aromatic N) is 4. The SMILES string of the molecule is O=C(N[C@@H]1CCN(C(=O)c2cc(Cl)c3nccnc3c2)C[C@H]1c1ccc(F)cc1)c1ncccc1C(F)(F)F. The highest BCUT2D eigenvalue weighted by Gasteiger charge is 2.38. The van der Waals surface area contributed by atoms with Crippen molar-refractivity contribution in [2.45, 2.75) is 24.6 Å². The number of fused-ring (bicyclic) bond motifs is 1. The van der Waals surface area contributed by atoms with E-state index in [1.165, 1.54) is 42.7 Å². The Kier molecular flexibility index (Phi) is 7.17. The first-order valence-electron chi connectivity index (χ1n) is 11.9. The average Bonchev–Trinajstić information content (AvgIpc) is 2.93. The molecule has 3 heterocycles. The van der Waals surface area contributed by atoms with Crippen LogP contribution >= 0.6 is 11.6 Å². The zero-order valence-corrected chi connectivity index (χ0v) is 20.9. The van der Waals surface area contributed by atoms with Crippen LogP contribution in [0.5, 0.6) is 0 Å². The Bertz CT molecular complexity index is 1550. The fraction of sp³-hybridized carbons (Fsp3) is 0.222. The van der Waals surface area contributed by atoms with Gasteiger partial charge in [0, 0.05) is 49.2 Å². The maximum atomic E-state index is 13.7. The molecule has 1 N–H and O–H groups in total. The first-order chi connectivity index (χ1) is 18.6. The molecule has 2 atom stereocenters. The Labute approximate surface area is 224 Å². The Hall–Kier alpha value is -4.12. The van der Waals surface area contributed by atoms with Gasteiger partial charge in [-0.05, 0) is 48.4 Å². The number of amides is 2. The Morgan fingerprint density at radius 2 is 1.74 bits per heavy atom. The van der Waals surface area contributed by atoms with Crippen LogP contribution in [0.1, 0.15) is 44.3 Å². The van der Waals surface area contributed by atoms with Crippen LogP contribution < -0.4 is 5.32 Å². The van der Waals surface area contributed by atoms with Gasteiger partial charge >= 0.3 is 6.18 Å². The normalized spacial score (nSPS) is 17.7. The summed E-state index contributed by atoms with van der Waals surface area (Å²) in [4.78, 5) is 40.0. The quantitative estimate of drug-likeness (QED) is 0.346. The van der Waals surface area contributed by atoms with E-state index in [1.54, 1.807) is 11.0 Å². The summed E-state index contributed by atoms with van der Waals surface area (Å²) >= 11 is 6.33. The van der Waals surface area contributed by atoms with Gasteiger partial charge in [-0.1, -0.05) is 23.7 Å². The van der Waals surface area contributed by atoms with Crippen molar-refractivity contribution in [1.29, 1.82) is 0 Å². The number of pyridine rings is 1. The minimum Gasteiger partial charge on any atom is -0.347 e. The molecule has 2 aromatic heterocycles. The zero-order valence-electron chi connectivity index (χ0n) is 20.1. The number of carbonyl (C=O) groups excluding carboxylic acids is 2. The molecule has 0 aliphatic carbocycles. The number of alkyl halides is 3. The van der Waals surface area contributed by atoms with E-state index in [1.807, 2.05) is 0 Å². The largest absolute Gasteiger partial charge is 0.418 e. The summed E-state index contributed by atoms with van der Waals surface area (Å²) in [5.74, 6) is -2.34. The van der Waals surface area contributed by atoms with Gasteiger partial charge in [0.05, 0.1) is 16.1 Å². The molecular formula is C27H20ClF4N5O2. The number of aromatic nitrogens is 3. The summed E-state index contributed by atoms with van der Waals surface area (Å²) in [5, 5.41) is 2.93. The van der Waals surface area contributed by atoms with Gasteiger partial charge < -0.3 is 10.2 Å². The maximum Gasteiger partial charge on any atom is 0.418 e. The molecule has 12 heteroatoms. The molecule has 5 rings (SSSR count). The lowest BCUT2D eigenvalue weighted by atomic mass is 9.85. The van der Waals surface area contributed by atoms with E-state index in [9.17, 15) is 27.2 Å². The number of carbonyl (C=O) groups is 2. The first-order valence-corrected chi connectivity index (χ1v) is 12.3. The minimum absolute atomic E-state index is 0.111. The molecule has 0 spiro atoms. The third kappa shape index (κ3) is 5.53. The van der Waals surface area contributed by atoms with Crippen LogP contribution in [0.2, 0.25) is 5.02 Å². The number of hydrogen-bond acceptors (Lipinski definition) is 5. The van der Waals surface area contributed by atoms with Gasteiger partial charge in [-0.3, -0.25) is 24.5 Å². The van der Waals surface area contributed by atoms with Crippen LogP contribution in [-0.4, -0.2) is 50.8 Å². The van der Waals surface area contributed by atoms with Gasteiger partial charge in [-0.25, -0.2) is 4.39 Å². The summed E-state index contributed by atoms with van der Waals surface area (Å²) in [6.07, 6.45) is -0.447. The van der Waals surface area contributed by atoms with Gasteiger partial charge in [0.25, 0.3) is 11.8 Å². The predicted octanol–water partition coefficient (Wildman–Crippen LogP) is 5.26. The van der Waals surface area contributed by atoms with Crippen molar-refractivity contribution in [3.63, 3.8) is 0 Å². The van der Waals surface area contributed by atoms with E-state index in [2.05, 4.69) is 20.3 Å². The average molecular weight is 558 g/mol. The first kappa shape index (κ1) is 26.5. The fourth-order valence-corrected chi connectivity index (χ4v) is 5.01. The van der Waals surface area contributed by atoms with Crippen molar-refractivity contribution in [2.24, 2.45) is 0 Å². The second-order valence-corrected chi connectivity index (χ2v) is 9.46. The van der Waals surface area contributed by atoms with E-state index in [0.717, 1.165) is 18.3 Å². The van der Waals surface area contributed by atoms with Crippen LogP contribution in [0.4, 0.5) is 17.6 Å². The summed E-state index contributed by atoms with van der Waals surface area (Å²) in [6.45, 7) is 0.311. The topological polar surface area (TPSA) is 88.1 Å². The van der Waals surface area contributed by atoms with E-state index in [-0.39, 0.29) is 36.0 Å². The van der Waals surface area contributed by atoms with Crippen molar-refractivity contribution in [3.05, 3.63) is 100 Å². The standard InChI is InChI=1S/C27H20ClF4N5O2/c28-20-12-16(13-22-24(20)35-10-9-33-22)26(39)37-11-7-21(18(14-37)15-3-5-17(29)6-4-15)36-25(38)23-19(27(30,31)32)2-1-8-34-23/h1-6,8-10,12-13,18,21H,7,11,14H2,(H,36,38)/t18-,21+/m0/s1. The molecule has 1 fully saturated rings. The van der Waals surface area contributed by atoms with E-state index < -0.39 is 41.1 Å². The lowest BCUT2D eigenvalue weighted by Crippen LogP contribution is -2.51. The van der Waals surface area contributed by atoms with Crippen molar-refractivity contribution in [2.75, 3.05) is 13.1 Å². The van der Waals surface area contributed by atoms with Crippen molar-refractivity contribution in [1.82, 2.24) is 25.2 Å². The van der Waals surface area contributed by atoms with Crippen molar-refractivity contribution in [3.8, 4) is 0 Å². The highest BCUT2D eigenvalue weighted by molar-refractivity contribution is 6.35. The van der Waals surface area contributed by atoms with Gasteiger partial charge in [0.2, 0.25) is 0 Å². The molecule has 7 nitrogen and oxygen atoms in total. The number of likely N-dealkylation sites (tertiary alicyclic amines) is 1. The second-order valence-electron chi connectivity index (χ2n) is 9.06. The molecule has 0 unspecified atom stereocenters. The van der Waals surface area contributed by atoms with Crippen molar-refractivity contribution >= 4 is 34.4 Å². The fourth-order valence-electron chi connectivity index (χ4n) is 4.75. The smallest absolute Gasteiger partial charge is 0.347 e. The summed E-state index contributed by atoms with van der Waals surface area (Å²) < 4.78 is 54.1. The van der Waals surface area contributed by atoms with Crippen LogP contribution in [0.25, 0.3) is 11.0 Å². The zero-order chi connectivity index (χ0) is 27.7. The third-order valence-electron chi connectivity index (χ3n) is 6.62. The van der Waals surface area contributed by atoms with E-state index >= 15 is 0 Å². The maximum absolute atomic E-state index is 13.7. The number of nitrogens with one attached hydrogen (secondary N) is 1. The molecule has 0 bridgehead atoms. The van der Waals surface area contributed by atoms with Crippen LogP contribution in [0.15, 0.2) is 67.1 Å². The van der Waals surface area contributed by atoms with Crippen LogP contribution in [-0.2, 0) is 6.18 Å². The van der Waals surface area contributed by atoms with Gasteiger partial charge in [0.1, 0.15) is 17.0 Å². The molecule has 4 aromatic rings. The molecular weight excluding hydrogens is 538 g/mol. The molecule has 1 saturated heterocycles. The van der Waals surface area contributed by atoms with Gasteiger partial charge in [-0.2, -0.15) is 13.2 Å². The lowest BCUT2D eigenvalue weighted by molar-refractivity contribution is -0.138. The van der Waals surface area contributed by atoms with Crippen LogP contribution in [0, 0.1) is 5.82 Å². The third-order valence-corrected chi connectivity index (χ3v) is 6.91. The number of piperidine rings is 1. The van der Waals surface area contributed by atoms with Crippen molar-refractivity contribution < 1.29 is 27.2 Å². The number of rotatable bonds is 4. The predicted molar refractivity (Wildman–Crippen MR) is 135 cm³/mol. The molecule has 200 valence electrons. The number of halogens is 5. The number of benzene rings is 2. The molecule has 39 heavy (non-hydrogen) atoms. The lowest BCUT2D eigenvalue weighted by Gasteiger charge is -2.39. The molecule has 2 aromatic carbocycles. The highest BCUT2D eigenvalue weighted by Crippen LogP contribution is 2.33. The van der Waals surface area contributed by atoms with E-state index in [0.29, 0.717) is 16.6 Å². The second kappa shape index (κ2) is 10.6. The Morgan fingerprint density at radius 1 is 1.00 bits per heavy atom. The summed E-state index contributed by atoms with van der Waals surface area (Å²) in [5.41, 5.74) is -0.0937. The van der Waals surface area contributed by atoms with Gasteiger partial charge in [0.15, 0.2) is 0 Å². The van der Waals surface area contributed by atoms with Gasteiger partial charge in [-0.15, -0.1) is 0 Å². The Morgan fingerprint density at radius 3 is 2.49 bits per heavy atom. The minimum atomic E-state index is -4.77. The molecule has 2 amide bonds. The molecule has 1 aliphatic heterocycles. The molecule has 0 saturated carbocycles. The molecule has 1 aliphatic rings. The summed E-state index contributed by atoms with van der Waals surface area (Å²) in [6, 6.07) is 9.87. The van der Waals surface area contributed by atoms with E-state index in [4.69, 9.17) is 11.6 Å².